The fraction of sp³-hybridized carbons (Fsp3) is 0.111. The average Bonchev–Trinajstić information content (AvgIpc) is 2.73. The minimum Gasteiger partial charge on any atom is -0.369 e. The van der Waals surface area contributed by atoms with Gasteiger partial charge in [-0.15, -0.1) is 11.3 Å². The van der Waals surface area contributed by atoms with Gasteiger partial charge in [0.15, 0.2) is 0 Å². The van der Waals surface area contributed by atoms with Crippen LogP contribution < -0.4 is 5.73 Å². The van der Waals surface area contributed by atoms with Gasteiger partial charge < -0.3 is 5.73 Å². The molecule has 0 unspecified atom stereocenters. The highest BCUT2D eigenvalue weighted by Gasteiger charge is 2.14. The smallest absolute Gasteiger partial charge is 0.275 e. The van der Waals surface area contributed by atoms with E-state index < -0.39 is 0 Å². The number of aryl methyl sites for hydroxylation is 1. The molecular formula is C9H9N3OS. The Hall–Kier alpha value is -1.62. The topological polar surface area (TPSA) is 60.9 Å². The number of hydrogen-bond acceptors (Lipinski definition) is 4. The molecule has 4 nitrogen and oxygen atoms in total. The lowest BCUT2D eigenvalue weighted by atomic mass is 10.3. The Labute approximate surface area is 85.0 Å². The zero-order valence-corrected chi connectivity index (χ0v) is 8.41. The summed E-state index contributed by atoms with van der Waals surface area (Å²) in [5, 5.41) is 1.88. The lowest BCUT2D eigenvalue weighted by molar-refractivity contribution is 0.0966. The number of hydrogen-bond donors (Lipinski definition) is 1. The summed E-state index contributed by atoms with van der Waals surface area (Å²) in [4.78, 5) is 16.4. The zero-order chi connectivity index (χ0) is 10.1. The molecule has 2 heterocycles. The summed E-state index contributed by atoms with van der Waals surface area (Å²) in [5.41, 5.74) is 6.50. The third-order valence-electron chi connectivity index (χ3n) is 1.94. The molecule has 0 amide bonds. The van der Waals surface area contributed by atoms with E-state index in [1.807, 2.05) is 18.4 Å². The number of aromatic nitrogens is 2. The van der Waals surface area contributed by atoms with Crippen molar-refractivity contribution >= 4 is 23.2 Å². The maximum atomic E-state index is 11.9. The first kappa shape index (κ1) is 8.96. The van der Waals surface area contributed by atoms with Crippen molar-refractivity contribution in [3.8, 4) is 0 Å². The Balaban J connectivity index is 2.44. The van der Waals surface area contributed by atoms with Gasteiger partial charge in [0, 0.05) is 12.4 Å². The predicted octanol–water partition coefficient (Wildman–Crippen LogP) is 1.52. The number of carbonyl (C=O) groups is 1. The second-order valence-electron chi connectivity index (χ2n) is 2.89. The summed E-state index contributed by atoms with van der Waals surface area (Å²) in [6, 6.07) is 1.91. The summed E-state index contributed by atoms with van der Waals surface area (Å²) in [7, 11) is 0. The van der Waals surface area contributed by atoms with E-state index in [0.717, 1.165) is 5.56 Å². The second-order valence-corrected chi connectivity index (χ2v) is 3.81. The monoisotopic (exact) mass is 207 g/mol. The molecule has 72 valence electrons. The van der Waals surface area contributed by atoms with Gasteiger partial charge >= 0.3 is 0 Å². The number of nitrogen functional groups attached to an aromatic ring is 1. The van der Waals surface area contributed by atoms with E-state index in [4.69, 9.17) is 5.73 Å². The van der Waals surface area contributed by atoms with Crippen LogP contribution in [0.15, 0.2) is 23.8 Å². The van der Waals surface area contributed by atoms with E-state index in [1.165, 1.54) is 22.1 Å². The van der Waals surface area contributed by atoms with Gasteiger partial charge in [-0.3, -0.25) is 9.36 Å². The number of nitrogens with zero attached hydrogens (tertiary/aromatic N) is 2. The fourth-order valence-electron chi connectivity index (χ4n) is 1.19. The lowest BCUT2D eigenvalue weighted by Crippen LogP contribution is -2.13. The standard InChI is InChI=1S/C9H9N3OS/c1-6-2-5-14-7(6)8(13)12-4-3-11-9(12)10/h2-5H,1H3,(H2,10,11). The largest absolute Gasteiger partial charge is 0.369 e. The number of nitrogens with two attached hydrogens (primary N) is 1. The summed E-state index contributed by atoms with van der Waals surface area (Å²) in [5.74, 6) is 0.107. The molecule has 2 aromatic heterocycles. The van der Waals surface area contributed by atoms with Crippen LogP contribution >= 0.6 is 11.3 Å². The van der Waals surface area contributed by atoms with E-state index >= 15 is 0 Å². The lowest BCUT2D eigenvalue weighted by Gasteiger charge is -2.01. The van der Waals surface area contributed by atoms with Gasteiger partial charge in [0.05, 0.1) is 4.88 Å². The number of anilines is 1. The number of imidazole rings is 1. The summed E-state index contributed by atoms with van der Waals surface area (Å²) in [6.45, 7) is 1.90. The van der Waals surface area contributed by atoms with Crippen LogP contribution in [0.25, 0.3) is 0 Å². The van der Waals surface area contributed by atoms with E-state index in [-0.39, 0.29) is 11.9 Å². The normalized spacial score (nSPS) is 10.4. The van der Waals surface area contributed by atoms with Crippen molar-refractivity contribution in [3.05, 3.63) is 34.3 Å². The van der Waals surface area contributed by atoms with Crippen LogP contribution in [0.2, 0.25) is 0 Å². The molecule has 2 rings (SSSR count). The average molecular weight is 207 g/mol. The Bertz CT molecular complexity index is 430. The van der Waals surface area contributed by atoms with E-state index in [2.05, 4.69) is 4.98 Å². The zero-order valence-electron chi connectivity index (χ0n) is 7.60. The molecule has 0 fully saturated rings. The Kier molecular flexibility index (Phi) is 2.09. The molecule has 0 aliphatic heterocycles. The minimum absolute atomic E-state index is 0.118. The maximum Gasteiger partial charge on any atom is 0.275 e. The van der Waals surface area contributed by atoms with Crippen molar-refractivity contribution in [3.63, 3.8) is 0 Å². The van der Waals surface area contributed by atoms with E-state index in [9.17, 15) is 4.79 Å². The summed E-state index contributed by atoms with van der Waals surface area (Å²) in [6.07, 6.45) is 3.08. The highest BCUT2D eigenvalue weighted by molar-refractivity contribution is 7.12. The summed E-state index contributed by atoms with van der Waals surface area (Å²) < 4.78 is 1.35. The van der Waals surface area contributed by atoms with Crippen molar-refractivity contribution in [2.75, 3.05) is 5.73 Å². The molecule has 0 atom stereocenters. The molecule has 2 N–H and O–H groups in total. The van der Waals surface area contributed by atoms with Crippen LogP contribution in [0.4, 0.5) is 5.95 Å². The van der Waals surface area contributed by atoms with Crippen LogP contribution in [0.5, 0.6) is 0 Å². The third kappa shape index (κ3) is 1.31. The van der Waals surface area contributed by atoms with Crippen LogP contribution in [0.1, 0.15) is 15.2 Å². The van der Waals surface area contributed by atoms with Crippen molar-refractivity contribution in [2.24, 2.45) is 0 Å². The van der Waals surface area contributed by atoms with Crippen molar-refractivity contribution in [2.45, 2.75) is 6.92 Å². The molecule has 0 saturated heterocycles. The van der Waals surface area contributed by atoms with Crippen LogP contribution in [0, 0.1) is 6.92 Å². The van der Waals surface area contributed by atoms with Crippen LogP contribution in [-0.4, -0.2) is 15.5 Å². The quantitative estimate of drug-likeness (QED) is 0.771. The molecule has 0 aliphatic rings. The SMILES string of the molecule is Cc1ccsc1C(=O)n1ccnc1N. The minimum atomic E-state index is -0.118. The van der Waals surface area contributed by atoms with Gasteiger partial charge in [-0.1, -0.05) is 0 Å². The molecule has 5 heteroatoms. The summed E-state index contributed by atoms with van der Waals surface area (Å²) >= 11 is 1.41. The van der Waals surface area contributed by atoms with Gasteiger partial charge in [0.2, 0.25) is 5.95 Å². The molecule has 0 aromatic carbocycles. The number of thiophene rings is 1. The van der Waals surface area contributed by atoms with E-state index in [1.54, 1.807) is 6.20 Å². The first-order valence-corrected chi connectivity index (χ1v) is 4.95. The molecule has 0 saturated carbocycles. The van der Waals surface area contributed by atoms with Crippen molar-refractivity contribution in [1.29, 1.82) is 0 Å². The molecule has 0 bridgehead atoms. The third-order valence-corrected chi connectivity index (χ3v) is 2.95. The Morgan fingerprint density at radius 3 is 2.93 bits per heavy atom. The highest BCUT2D eigenvalue weighted by atomic mass is 32.1. The second kappa shape index (κ2) is 3.26. The molecule has 2 aromatic rings. The van der Waals surface area contributed by atoms with Gasteiger partial charge in [0.25, 0.3) is 5.91 Å². The number of rotatable bonds is 1. The fourth-order valence-corrected chi connectivity index (χ4v) is 2.05. The molecule has 0 radical (unpaired) electrons. The maximum absolute atomic E-state index is 11.9. The van der Waals surface area contributed by atoms with Gasteiger partial charge in [-0.25, -0.2) is 4.98 Å². The van der Waals surface area contributed by atoms with Gasteiger partial charge in [0.1, 0.15) is 0 Å². The molecule has 14 heavy (non-hydrogen) atoms. The van der Waals surface area contributed by atoms with Gasteiger partial charge in [-0.2, -0.15) is 0 Å². The molecule has 0 aliphatic carbocycles. The number of carbonyl (C=O) groups excluding carboxylic acids is 1. The molecule has 0 spiro atoms. The first-order valence-electron chi connectivity index (χ1n) is 4.08. The van der Waals surface area contributed by atoms with E-state index in [0.29, 0.717) is 4.88 Å². The Morgan fingerprint density at radius 1 is 1.64 bits per heavy atom. The first-order chi connectivity index (χ1) is 6.70. The van der Waals surface area contributed by atoms with Gasteiger partial charge in [-0.05, 0) is 23.9 Å². The molecular weight excluding hydrogens is 198 g/mol. The van der Waals surface area contributed by atoms with Crippen molar-refractivity contribution in [1.82, 2.24) is 9.55 Å². The Morgan fingerprint density at radius 2 is 2.43 bits per heavy atom. The van der Waals surface area contributed by atoms with Crippen LogP contribution in [-0.2, 0) is 0 Å². The highest BCUT2D eigenvalue weighted by Crippen LogP contribution is 2.17. The predicted molar refractivity (Wildman–Crippen MR) is 55.4 cm³/mol. The van der Waals surface area contributed by atoms with Crippen LogP contribution in [0.3, 0.4) is 0 Å². The van der Waals surface area contributed by atoms with Crippen molar-refractivity contribution < 1.29 is 4.79 Å².